The molecule has 5 nitrogen and oxygen atoms in total. The van der Waals surface area contributed by atoms with E-state index in [1.54, 1.807) is 21.0 Å². The van der Waals surface area contributed by atoms with E-state index in [1.807, 2.05) is 56.3 Å². The molecule has 2 aromatic carbocycles. The molecule has 0 fully saturated rings. The minimum absolute atomic E-state index is 0.294. The molecule has 0 atom stereocenters. The standard InChI is InChI=1S/C22H28N2O3/c1-15-6-9-18(14-16(15)2)24-21(26)22(3,4)20(25)23-13-12-17-7-10-19(27-5)11-8-17/h6-11,14H,12-13H2,1-5H3,(H,23,25)(H,24,26). The predicted molar refractivity (Wildman–Crippen MR) is 108 cm³/mol. The van der Waals surface area contributed by atoms with Crippen molar-refractivity contribution in [2.45, 2.75) is 34.1 Å². The van der Waals surface area contributed by atoms with Crippen molar-refractivity contribution in [3.05, 3.63) is 59.2 Å². The molecule has 0 aliphatic heterocycles. The number of benzene rings is 2. The maximum atomic E-state index is 12.6. The van der Waals surface area contributed by atoms with E-state index in [1.165, 1.54) is 0 Å². The lowest BCUT2D eigenvalue weighted by atomic mass is 9.90. The molecule has 2 N–H and O–H groups in total. The van der Waals surface area contributed by atoms with Crippen LogP contribution in [0.5, 0.6) is 5.75 Å². The molecule has 0 saturated carbocycles. The van der Waals surface area contributed by atoms with Crippen molar-refractivity contribution < 1.29 is 14.3 Å². The Hall–Kier alpha value is -2.82. The lowest BCUT2D eigenvalue weighted by Gasteiger charge is -2.23. The van der Waals surface area contributed by atoms with Crippen LogP contribution in [0.15, 0.2) is 42.5 Å². The van der Waals surface area contributed by atoms with Gasteiger partial charge in [-0.25, -0.2) is 0 Å². The number of methoxy groups -OCH3 is 1. The molecule has 0 aliphatic carbocycles. The van der Waals surface area contributed by atoms with Crippen molar-refractivity contribution in [1.82, 2.24) is 5.32 Å². The molecule has 0 heterocycles. The van der Waals surface area contributed by atoms with Crippen LogP contribution in [0.2, 0.25) is 0 Å². The van der Waals surface area contributed by atoms with Gasteiger partial charge in [0, 0.05) is 12.2 Å². The first kappa shape index (κ1) is 20.5. The molecular weight excluding hydrogens is 340 g/mol. The Labute approximate surface area is 161 Å². The fraction of sp³-hybridized carbons (Fsp3) is 0.364. The van der Waals surface area contributed by atoms with Gasteiger partial charge < -0.3 is 15.4 Å². The molecule has 5 heteroatoms. The van der Waals surface area contributed by atoms with Gasteiger partial charge in [0.15, 0.2) is 0 Å². The highest BCUT2D eigenvalue weighted by Crippen LogP contribution is 2.21. The van der Waals surface area contributed by atoms with Crippen LogP contribution < -0.4 is 15.4 Å². The van der Waals surface area contributed by atoms with Crippen LogP contribution in [0.1, 0.15) is 30.5 Å². The maximum Gasteiger partial charge on any atom is 0.239 e. The third-order valence-electron chi connectivity index (χ3n) is 4.76. The van der Waals surface area contributed by atoms with Crippen LogP contribution in [-0.2, 0) is 16.0 Å². The number of hydrogen-bond donors (Lipinski definition) is 2. The molecule has 27 heavy (non-hydrogen) atoms. The lowest BCUT2D eigenvalue weighted by molar-refractivity contribution is -0.138. The number of carbonyl (C=O) groups is 2. The van der Waals surface area contributed by atoms with Crippen molar-refractivity contribution in [1.29, 1.82) is 0 Å². The molecule has 144 valence electrons. The summed E-state index contributed by atoms with van der Waals surface area (Å²) in [7, 11) is 1.63. The SMILES string of the molecule is COc1ccc(CCNC(=O)C(C)(C)C(=O)Nc2ccc(C)c(C)c2)cc1. The molecule has 2 amide bonds. The first-order valence-electron chi connectivity index (χ1n) is 9.04. The van der Waals surface area contributed by atoms with Gasteiger partial charge in [0.05, 0.1) is 7.11 Å². The van der Waals surface area contributed by atoms with Crippen molar-refractivity contribution in [3.8, 4) is 5.75 Å². The van der Waals surface area contributed by atoms with Crippen LogP contribution in [0.3, 0.4) is 0 Å². The van der Waals surface area contributed by atoms with E-state index in [0.717, 1.165) is 22.4 Å². The van der Waals surface area contributed by atoms with E-state index >= 15 is 0 Å². The molecule has 0 aliphatic rings. The van der Waals surface area contributed by atoms with E-state index in [2.05, 4.69) is 10.6 Å². The van der Waals surface area contributed by atoms with E-state index in [-0.39, 0.29) is 11.8 Å². The minimum Gasteiger partial charge on any atom is -0.497 e. The molecule has 0 unspecified atom stereocenters. The fourth-order valence-corrected chi connectivity index (χ4v) is 2.54. The van der Waals surface area contributed by atoms with Crippen LogP contribution in [0.4, 0.5) is 5.69 Å². The quantitative estimate of drug-likeness (QED) is 0.733. The monoisotopic (exact) mass is 368 g/mol. The van der Waals surface area contributed by atoms with Crippen molar-refractivity contribution in [2.24, 2.45) is 5.41 Å². The Morgan fingerprint density at radius 3 is 2.22 bits per heavy atom. The van der Waals surface area contributed by atoms with Crippen molar-refractivity contribution in [3.63, 3.8) is 0 Å². The summed E-state index contributed by atoms with van der Waals surface area (Å²) in [5.41, 5.74) is 2.87. The Balaban J connectivity index is 1.90. The second-order valence-corrected chi connectivity index (χ2v) is 7.23. The summed E-state index contributed by atoms with van der Waals surface area (Å²) in [5, 5.41) is 5.69. The first-order chi connectivity index (χ1) is 12.7. The molecule has 2 rings (SSSR count). The zero-order valence-electron chi connectivity index (χ0n) is 16.7. The minimum atomic E-state index is -1.17. The number of aryl methyl sites for hydroxylation is 2. The average Bonchev–Trinajstić information content (AvgIpc) is 2.65. The summed E-state index contributed by atoms with van der Waals surface area (Å²) < 4.78 is 5.13. The summed E-state index contributed by atoms with van der Waals surface area (Å²) in [6, 6.07) is 13.4. The number of carbonyl (C=O) groups excluding carboxylic acids is 2. The Kier molecular flexibility index (Phi) is 6.61. The molecule has 0 bridgehead atoms. The van der Waals surface area contributed by atoms with Crippen LogP contribution >= 0.6 is 0 Å². The molecule has 0 saturated heterocycles. The average molecular weight is 368 g/mol. The van der Waals surface area contributed by atoms with Crippen molar-refractivity contribution >= 4 is 17.5 Å². The normalized spacial score (nSPS) is 11.0. The van der Waals surface area contributed by atoms with E-state index in [0.29, 0.717) is 18.7 Å². The van der Waals surface area contributed by atoms with Crippen molar-refractivity contribution in [2.75, 3.05) is 19.0 Å². The van der Waals surface area contributed by atoms with Gasteiger partial charge in [-0.1, -0.05) is 18.2 Å². The zero-order valence-corrected chi connectivity index (χ0v) is 16.7. The summed E-state index contributed by atoms with van der Waals surface area (Å²) in [4.78, 5) is 25.1. The number of nitrogens with one attached hydrogen (secondary N) is 2. The smallest absolute Gasteiger partial charge is 0.239 e. The highest BCUT2D eigenvalue weighted by molar-refractivity contribution is 6.09. The van der Waals surface area contributed by atoms with Gasteiger partial charge in [0.1, 0.15) is 11.2 Å². The number of amides is 2. The van der Waals surface area contributed by atoms with E-state index in [9.17, 15) is 9.59 Å². The third kappa shape index (κ3) is 5.33. The summed E-state index contributed by atoms with van der Waals surface area (Å²) in [6.07, 6.45) is 0.685. The van der Waals surface area contributed by atoms with Crippen LogP contribution in [0.25, 0.3) is 0 Å². The van der Waals surface area contributed by atoms with Gasteiger partial charge in [-0.15, -0.1) is 0 Å². The molecule has 0 spiro atoms. The number of hydrogen-bond acceptors (Lipinski definition) is 3. The lowest BCUT2D eigenvalue weighted by Crippen LogP contribution is -2.45. The predicted octanol–water partition coefficient (Wildman–Crippen LogP) is 3.64. The summed E-state index contributed by atoms with van der Waals surface area (Å²) >= 11 is 0. The van der Waals surface area contributed by atoms with Gasteiger partial charge in [-0.05, 0) is 75.1 Å². The molecule has 0 aromatic heterocycles. The Morgan fingerprint density at radius 1 is 0.963 bits per heavy atom. The van der Waals surface area contributed by atoms with E-state index < -0.39 is 5.41 Å². The molecule has 0 radical (unpaired) electrons. The van der Waals surface area contributed by atoms with Gasteiger partial charge >= 0.3 is 0 Å². The molecular formula is C22H28N2O3. The first-order valence-corrected chi connectivity index (χ1v) is 9.04. The largest absolute Gasteiger partial charge is 0.497 e. The highest BCUT2D eigenvalue weighted by atomic mass is 16.5. The third-order valence-corrected chi connectivity index (χ3v) is 4.76. The summed E-state index contributed by atoms with van der Waals surface area (Å²) in [5.74, 6) is 0.178. The number of ether oxygens (including phenoxy) is 1. The Morgan fingerprint density at radius 2 is 1.63 bits per heavy atom. The van der Waals surface area contributed by atoms with Crippen LogP contribution in [-0.4, -0.2) is 25.5 Å². The van der Waals surface area contributed by atoms with Crippen LogP contribution in [0, 0.1) is 19.3 Å². The zero-order chi connectivity index (χ0) is 20.0. The number of rotatable bonds is 7. The fourth-order valence-electron chi connectivity index (χ4n) is 2.54. The number of anilines is 1. The highest BCUT2D eigenvalue weighted by Gasteiger charge is 2.35. The van der Waals surface area contributed by atoms with E-state index in [4.69, 9.17) is 4.74 Å². The van der Waals surface area contributed by atoms with Gasteiger partial charge in [0.25, 0.3) is 0 Å². The van der Waals surface area contributed by atoms with Gasteiger partial charge in [-0.3, -0.25) is 9.59 Å². The second kappa shape index (κ2) is 8.71. The second-order valence-electron chi connectivity index (χ2n) is 7.23. The van der Waals surface area contributed by atoms with Gasteiger partial charge in [0.2, 0.25) is 11.8 Å². The molecule has 2 aromatic rings. The Bertz CT molecular complexity index is 811. The topological polar surface area (TPSA) is 67.4 Å². The maximum absolute atomic E-state index is 12.6. The summed E-state index contributed by atoms with van der Waals surface area (Å²) in [6.45, 7) is 7.73. The van der Waals surface area contributed by atoms with Gasteiger partial charge in [-0.2, -0.15) is 0 Å².